The van der Waals surface area contributed by atoms with Crippen LogP contribution >= 0.6 is 11.8 Å². The highest BCUT2D eigenvalue weighted by Gasteiger charge is 2.51. The van der Waals surface area contributed by atoms with Crippen molar-refractivity contribution in [3.8, 4) is 44.9 Å². The first-order valence-electron chi connectivity index (χ1n) is 22.3. The summed E-state index contributed by atoms with van der Waals surface area (Å²) in [5.74, 6) is 2.62. The summed E-state index contributed by atoms with van der Waals surface area (Å²) in [6.07, 6.45) is 0. The van der Waals surface area contributed by atoms with Gasteiger partial charge in [0.2, 0.25) is 0 Å². The molecule has 2 unspecified atom stereocenters. The van der Waals surface area contributed by atoms with E-state index in [0.29, 0.717) is 0 Å². The highest BCUT2D eigenvalue weighted by molar-refractivity contribution is 8.01. The molecule has 4 heteroatoms. The van der Waals surface area contributed by atoms with Gasteiger partial charge >= 0.3 is 0 Å². The summed E-state index contributed by atoms with van der Waals surface area (Å²) in [4.78, 5) is 12.3. The van der Waals surface area contributed by atoms with Crippen LogP contribution in [0.5, 0.6) is 11.5 Å². The summed E-state index contributed by atoms with van der Waals surface area (Å²) in [6, 6.07) is 71.3. The highest BCUT2D eigenvalue weighted by Crippen LogP contribution is 2.63. The van der Waals surface area contributed by atoms with Gasteiger partial charge in [-0.2, -0.15) is 0 Å². The monoisotopic (exact) mass is 836 g/mol. The molecule has 14 rings (SSSR count). The van der Waals surface area contributed by atoms with E-state index in [1.54, 1.807) is 0 Å². The minimum absolute atomic E-state index is 0.0812. The first kappa shape index (κ1) is 36.2. The van der Waals surface area contributed by atoms with E-state index in [-0.39, 0.29) is 16.7 Å². The van der Waals surface area contributed by atoms with Gasteiger partial charge < -0.3 is 4.74 Å². The molecule has 1 spiro atoms. The van der Waals surface area contributed by atoms with E-state index in [4.69, 9.17) is 14.7 Å². The minimum atomic E-state index is -0.524. The zero-order valence-corrected chi connectivity index (χ0v) is 36.2. The predicted molar refractivity (Wildman–Crippen MR) is 263 cm³/mol. The van der Waals surface area contributed by atoms with Crippen molar-refractivity contribution < 1.29 is 4.74 Å². The Morgan fingerprint density at radius 2 is 1.12 bits per heavy atom. The maximum atomic E-state index is 6.66. The van der Waals surface area contributed by atoms with Crippen LogP contribution < -0.4 is 4.74 Å². The second-order valence-electron chi connectivity index (χ2n) is 18.3. The molecule has 0 fully saturated rings. The lowest BCUT2D eigenvalue weighted by Gasteiger charge is -2.39. The first-order chi connectivity index (χ1) is 31.5. The number of thioether (sulfide) groups is 1. The molecule has 0 amide bonds. The van der Waals surface area contributed by atoms with Gasteiger partial charge in [0.25, 0.3) is 0 Å². The van der Waals surface area contributed by atoms with Gasteiger partial charge in [0.05, 0.1) is 22.4 Å². The normalized spacial score (nSPS) is 18.3. The van der Waals surface area contributed by atoms with E-state index >= 15 is 0 Å². The molecule has 9 aromatic carbocycles. The van der Waals surface area contributed by atoms with Gasteiger partial charge in [-0.15, -0.1) is 11.8 Å². The Bertz CT molecular complexity index is 3530. The van der Waals surface area contributed by atoms with E-state index < -0.39 is 5.41 Å². The van der Waals surface area contributed by atoms with Crippen molar-refractivity contribution in [2.24, 2.45) is 9.98 Å². The third kappa shape index (κ3) is 4.78. The van der Waals surface area contributed by atoms with Crippen LogP contribution in [-0.4, -0.2) is 16.8 Å². The molecule has 0 saturated carbocycles. The summed E-state index contributed by atoms with van der Waals surface area (Å²) >= 11 is 1.90. The second-order valence-corrected chi connectivity index (χ2v) is 19.4. The number of rotatable bonds is 3. The summed E-state index contributed by atoms with van der Waals surface area (Å²) < 4.78 is 6.66. The number of ether oxygens (including phenoxy) is 1. The third-order valence-electron chi connectivity index (χ3n) is 14.7. The fourth-order valence-corrected chi connectivity index (χ4v) is 13.3. The lowest BCUT2D eigenvalue weighted by molar-refractivity contribution is 0.436. The Balaban J connectivity index is 0.933. The maximum absolute atomic E-state index is 6.66. The van der Waals surface area contributed by atoms with Crippen molar-refractivity contribution in [2.75, 3.05) is 0 Å². The molecule has 0 N–H and O–H groups in total. The van der Waals surface area contributed by atoms with E-state index in [0.717, 1.165) is 28.6 Å². The molecule has 3 aliphatic heterocycles. The lowest BCUT2D eigenvalue weighted by Crippen LogP contribution is -2.32. The molecule has 2 atom stereocenters. The zero-order chi connectivity index (χ0) is 42.3. The third-order valence-corrected chi connectivity index (χ3v) is 16.0. The lowest BCUT2D eigenvalue weighted by atomic mass is 9.66. The van der Waals surface area contributed by atoms with Gasteiger partial charge in [-0.25, -0.2) is 4.99 Å². The van der Waals surface area contributed by atoms with Crippen molar-refractivity contribution in [3.63, 3.8) is 0 Å². The van der Waals surface area contributed by atoms with E-state index in [1.165, 1.54) is 93.6 Å². The van der Waals surface area contributed by atoms with E-state index in [1.807, 2.05) is 11.8 Å². The number of amidine groups is 1. The Hall–Kier alpha value is -7.27. The van der Waals surface area contributed by atoms with Crippen LogP contribution in [0, 0.1) is 0 Å². The van der Waals surface area contributed by atoms with Crippen molar-refractivity contribution in [1.82, 2.24) is 0 Å². The number of hydrogen-bond acceptors (Lipinski definition) is 4. The van der Waals surface area contributed by atoms with Gasteiger partial charge in [-0.05, 0) is 102 Å². The van der Waals surface area contributed by atoms with Crippen molar-refractivity contribution in [1.29, 1.82) is 0 Å². The maximum Gasteiger partial charge on any atom is 0.156 e. The fourth-order valence-electron chi connectivity index (χ4n) is 12.0. The molecular weight excluding hydrogens is 797 g/mol. The molecule has 0 bridgehead atoms. The van der Waals surface area contributed by atoms with Crippen LogP contribution in [0.25, 0.3) is 44.2 Å². The summed E-state index contributed by atoms with van der Waals surface area (Å²) in [5, 5.41) is 2.45. The average molecular weight is 837 g/mol. The van der Waals surface area contributed by atoms with Gasteiger partial charge in [-0.1, -0.05) is 178 Å². The van der Waals surface area contributed by atoms with Crippen LogP contribution in [0.3, 0.4) is 0 Å². The first-order valence-corrected chi connectivity index (χ1v) is 23.2. The molecule has 3 heterocycles. The van der Waals surface area contributed by atoms with Gasteiger partial charge in [0.1, 0.15) is 11.5 Å². The number of aliphatic imine (C=N–C) groups is 2. The summed E-state index contributed by atoms with van der Waals surface area (Å²) in [7, 11) is 0. The molecular formula is C60H40N2OS. The second kappa shape index (κ2) is 13.1. The molecule has 302 valence electrons. The van der Waals surface area contributed by atoms with E-state index in [9.17, 15) is 0 Å². The summed E-state index contributed by atoms with van der Waals surface area (Å²) in [6.45, 7) is 4.81. The van der Waals surface area contributed by atoms with Gasteiger partial charge in [0.15, 0.2) is 5.84 Å². The van der Waals surface area contributed by atoms with Crippen molar-refractivity contribution in [3.05, 3.63) is 244 Å². The molecule has 64 heavy (non-hydrogen) atoms. The molecule has 2 aliphatic carbocycles. The summed E-state index contributed by atoms with van der Waals surface area (Å²) in [5.41, 5.74) is 19.2. The smallest absolute Gasteiger partial charge is 0.156 e. The molecule has 9 aromatic rings. The largest absolute Gasteiger partial charge is 0.457 e. The highest BCUT2D eigenvalue weighted by atomic mass is 32.2. The van der Waals surface area contributed by atoms with E-state index in [2.05, 4.69) is 208 Å². The number of para-hydroxylation sites is 2. The Kier molecular flexibility index (Phi) is 7.44. The standard InChI is InChI=1S/C60H40N2OS/c1-59(2)46-32-30-37(55-57-56(44-19-6-12-28-53(44)64-57)62-58(61-55)43-22-13-16-35-15-3-4-17-38(35)43)33-45(46)42-21-14-20-39(54(42)59)36-29-31-41-40-18-5-7-23-47(40)60(50(41)34-36)48-24-8-10-26-51(48)63-52-27-11-9-25-49(52)60/h3-34,55,57H,1-2H3. The van der Waals surface area contributed by atoms with Crippen LogP contribution in [-0.2, 0) is 10.8 Å². The van der Waals surface area contributed by atoms with Crippen LogP contribution in [0.4, 0.5) is 0 Å². The fraction of sp³-hybridized carbons (Fsp3) is 0.100. The quantitative estimate of drug-likeness (QED) is 0.178. The zero-order valence-electron chi connectivity index (χ0n) is 35.3. The molecule has 5 aliphatic rings. The topological polar surface area (TPSA) is 34.0 Å². The SMILES string of the molecule is CC1(C)c2ccc(C3N=C(c4cccc5ccccc45)N=C4c5ccccc5SC43)cc2-c2cccc(-c3ccc4c(c3)C3(c5ccccc5Oc5ccccc53)c3ccccc3-4)c21. The number of hydrogen-bond donors (Lipinski definition) is 0. The molecule has 3 nitrogen and oxygen atoms in total. The predicted octanol–water partition coefficient (Wildman–Crippen LogP) is 14.7. The van der Waals surface area contributed by atoms with Gasteiger partial charge in [-0.3, -0.25) is 4.99 Å². The Morgan fingerprint density at radius 3 is 1.97 bits per heavy atom. The van der Waals surface area contributed by atoms with Gasteiger partial charge in [0, 0.05) is 32.6 Å². The Labute approximate surface area is 376 Å². The average Bonchev–Trinajstić information content (AvgIpc) is 3.94. The molecule has 0 saturated heterocycles. The van der Waals surface area contributed by atoms with Crippen molar-refractivity contribution >= 4 is 34.1 Å². The molecule has 0 radical (unpaired) electrons. The minimum Gasteiger partial charge on any atom is -0.457 e. The van der Waals surface area contributed by atoms with Crippen LogP contribution in [0.2, 0.25) is 0 Å². The van der Waals surface area contributed by atoms with Crippen molar-refractivity contribution in [2.45, 2.75) is 40.9 Å². The Morgan fingerprint density at radius 1 is 0.484 bits per heavy atom. The number of fused-ring (bicyclic) bond motifs is 16. The van der Waals surface area contributed by atoms with Crippen LogP contribution in [0.1, 0.15) is 70.0 Å². The molecule has 0 aromatic heterocycles. The van der Waals surface area contributed by atoms with Crippen LogP contribution in [0.15, 0.2) is 209 Å². The number of nitrogens with zero attached hydrogens (tertiary/aromatic N) is 2. The number of benzene rings is 9.